The van der Waals surface area contributed by atoms with Gasteiger partial charge in [-0.2, -0.15) is 5.10 Å². The van der Waals surface area contributed by atoms with Crippen molar-refractivity contribution in [1.29, 1.82) is 0 Å². The van der Waals surface area contributed by atoms with Crippen molar-refractivity contribution < 1.29 is 9.50 Å². The van der Waals surface area contributed by atoms with Crippen molar-refractivity contribution in [2.75, 3.05) is 18.0 Å². The number of aromatic hydroxyl groups is 1. The fourth-order valence-corrected chi connectivity index (χ4v) is 4.86. The molecule has 10 heteroatoms. The lowest BCUT2D eigenvalue weighted by Crippen LogP contribution is -2.56. The summed E-state index contributed by atoms with van der Waals surface area (Å²) in [5, 5.41) is 19.1. The van der Waals surface area contributed by atoms with E-state index in [1.54, 1.807) is 24.7 Å². The van der Waals surface area contributed by atoms with Gasteiger partial charge in [0.05, 0.1) is 29.5 Å². The van der Waals surface area contributed by atoms with E-state index in [1.165, 1.54) is 6.07 Å². The molecule has 1 aliphatic rings. The first kappa shape index (κ1) is 21.5. The lowest BCUT2D eigenvalue weighted by atomic mass is 10.0. The van der Waals surface area contributed by atoms with E-state index in [0.717, 1.165) is 63.8 Å². The van der Waals surface area contributed by atoms with Gasteiger partial charge < -0.3 is 20.7 Å². The largest absolute Gasteiger partial charge is 0.508 e. The summed E-state index contributed by atoms with van der Waals surface area (Å²) in [5.41, 5.74) is 11.9. The SMILES string of the molecule is NC1CN(c2cncc(-c3cnc4n[nH]c(-c5cc6c(-c7cc(O)cc(F)c7)cccc6[nH]5)c4c3)n2)C1. The molecule has 7 rings (SSSR count). The minimum atomic E-state index is -0.495. The number of aromatic nitrogens is 6. The van der Waals surface area contributed by atoms with Crippen LogP contribution in [0.15, 0.2) is 67.1 Å². The molecule has 6 aromatic rings. The molecule has 0 unspecified atom stereocenters. The normalized spacial score (nSPS) is 13.9. The molecule has 9 nitrogen and oxygen atoms in total. The Labute approximate surface area is 209 Å². The standard InChI is InChI=1S/C27H21FN8O/c28-16-4-14(5-18(37)7-16)19-2-1-3-22-20(19)8-23(32-22)26-21-6-15(9-31-27(21)35-34-26)24-10-30-11-25(33-24)36-12-17(29)13-36/h1-11,17,32,37H,12-13,29H2,(H,31,34,35). The molecule has 1 saturated heterocycles. The van der Waals surface area contributed by atoms with Gasteiger partial charge in [0, 0.05) is 53.2 Å². The molecule has 0 spiro atoms. The Morgan fingerprint density at radius 1 is 1.00 bits per heavy atom. The number of nitrogens with one attached hydrogen (secondary N) is 2. The van der Waals surface area contributed by atoms with Crippen LogP contribution in [0.1, 0.15) is 0 Å². The minimum absolute atomic E-state index is 0.120. The van der Waals surface area contributed by atoms with Crippen molar-refractivity contribution in [3.8, 4) is 39.5 Å². The topological polar surface area (TPSA) is 133 Å². The summed E-state index contributed by atoms with van der Waals surface area (Å²) in [4.78, 5) is 19.2. The van der Waals surface area contributed by atoms with Gasteiger partial charge in [-0.1, -0.05) is 12.1 Å². The zero-order chi connectivity index (χ0) is 25.1. The number of phenolic OH excluding ortho intramolecular Hbond substituents is 1. The number of anilines is 1. The van der Waals surface area contributed by atoms with E-state index in [2.05, 4.69) is 30.0 Å². The number of aromatic amines is 2. The van der Waals surface area contributed by atoms with Crippen LogP contribution in [0, 0.1) is 5.82 Å². The van der Waals surface area contributed by atoms with Crippen LogP contribution in [0.25, 0.3) is 55.7 Å². The van der Waals surface area contributed by atoms with E-state index in [0.29, 0.717) is 16.9 Å². The van der Waals surface area contributed by atoms with Crippen molar-refractivity contribution in [1.82, 2.24) is 30.1 Å². The highest BCUT2D eigenvalue weighted by Gasteiger charge is 2.25. The van der Waals surface area contributed by atoms with Gasteiger partial charge in [-0.15, -0.1) is 0 Å². The van der Waals surface area contributed by atoms with Crippen LogP contribution in [0.5, 0.6) is 5.75 Å². The predicted molar refractivity (Wildman–Crippen MR) is 139 cm³/mol. The maximum absolute atomic E-state index is 14.0. The van der Waals surface area contributed by atoms with Crippen molar-refractivity contribution in [3.63, 3.8) is 0 Å². The highest BCUT2D eigenvalue weighted by molar-refractivity contribution is 6.01. The Bertz CT molecular complexity index is 1780. The summed E-state index contributed by atoms with van der Waals surface area (Å²) in [6, 6.07) is 13.9. The van der Waals surface area contributed by atoms with Gasteiger partial charge in [-0.3, -0.25) is 10.1 Å². The maximum atomic E-state index is 14.0. The van der Waals surface area contributed by atoms with Crippen LogP contribution in [0.2, 0.25) is 0 Å². The third-order valence-corrected chi connectivity index (χ3v) is 6.69. The van der Waals surface area contributed by atoms with E-state index < -0.39 is 5.82 Å². The Hall–Kier alpha value is -4.83. The van der Waals surface area contributed by atoms with Crippen LogP contribution >= 0.6 is 0 Å². The summed E-state index contributed by atoms with van der Waals surface area (Å²) in [7, 11) is 0. The van der Waals surface area contributed by atoms with Gasteiger partial charge in [0.15, 0.2) is 5.65 Å². The van der Waals surface area contributed by atoms with Gasteiger partial charge in [0.25, 0.3) is 0 Å². The second kappa shape index (κ2) is 8.10. The highest BCUT2D eigenvalue weighted by atomic mass is 19.1. The summed E-state index contributed by atoms with van der Waals surface area (Å²) in [5.74, 6) is 0.174. The van der Waals surface area contributed by atoms with Crippen molar-refractivity contribution in [2.45, 2.75) is 6.04 Å². The van der Waals surface area contributed by atoms with Crippen molar-refractivity contribution in [2.24, 2.45) is 5.73 Å². The lowest BCUT2D eigenvalue weighted by molar-refractivity contribution is 0.469. The van der Waals surface area contributed by atoms with E-state index in [-0.39, 0.29) is 11.8 Å². The third-order valence-electron chi connectivity index (χ3n) is 6.69. The molecule has 5 N–H and O–H groups in total. The fourth-order valence-electron chi connectivity index (χ4n) is 4.86. The molecule has 5 heterocycles. The molecule has 2 aromatic carbocycles. The van der Waals surface area contributed by atoms with Gasteiger partial charge in [-0.25, -0.2) is 14.4 Å². The van der Waals surface area contributed by atoms with Crippen LogP contribution in [0.3, 0.4) is 0 Å². The number of rotatable bonds is 4. The second-order valence-corrected chi connectivity index (χ2v) is 9.27. The Kier molecular flexibility index (Phi) is 4.70. The average molecular weight is 493 g/mol. The summed E-state index contributed by atoms with van der Waals surface area (Å²) in [6.07, 6.45) is 5.20. The van der Waals surface area contributed by atoms with Gasteiger partial charge in [-0.05, 0) is 41.5 Å². The second-order valence-electron chi connectivity index (χ2n) is 9.27. The van der Waals surface area contributed by atoms with E-state index in [4.69, 9.17) is 10.7 Å². The molecule has 4 aromatic heterocycles. The highest BCUT2D eigenvalue weighted by Crippen LogP contribution is 2.36. The zero-order valence-electron chi connectivity index (χ0n) is 19.5. The molecule has 0 atom stereocenters. The van der Waals surface area contributed by atoms with Crippen LogP contribution in [-0.4, -0.2) is 54.4 Å². The monoisotopic (exact) mass is 492 g/mol. The van der Waals surface area contributed by atoms with Crippen molar-refractivity contribution >= 4 is 27.8 Å². The number of halogens is 1. The first-order chi connectivity index (χ1) is 18.0. The van der Waals surface area contributed by atoms with Crippen LogP contribution < -0.4 is 10.6 Å². The summed E-state index contributed by atoms with van der Waals surface area (Å²) >= 11 is 0. The molecule has 0 saturated carbocycles. The molecule has 0 radical (unpaired) electrons. The first-order valence-electron chi connectivity index (χ1n) is 11.8. The number of hydrogen-bond acceptors (Lipinski definition) is 7. The molecule has 182 valence electrons. The minimum Gasteiger partial charge on any atom is -0.508 e. The quantitative estimate of drug-likeness (QED) is 0.290. The molecule has 0 amide bonds. The first-order valence-corrected chi connectivity index (χ1v) is 11.8. The van der Waals surface area contributed by atoms with Gasteiger partial charge in [0.1, 0.15) is 17.4 Å². The fraction of sp³-hybridized carbons (Fsp3) is 0.111. The number of hydrogen-bond donors (Lipinski definition) is 4. The zero-order valence-corrected chi connectivity index (χ0v) is 19.5. The Morgan fingerprint density at radius 2 is 1.89 bits per heavy atom. The maximum Gasteiger partial charge on any atom is 0.181 e. The summed E-state index contributed by atoms with van der Waals surface area (Å²) < 4.78 is 14.0. The molecule has 1 aliphatic heterocycles. The number of benzene rings is 2. The summed E-state index contributed by atoms with van der Waals surface area (Å²) in [6.45, 7) is 1.53. The number of pyridine rings is 1. The molecular formula is C27H21FN8O. The van der Waals surface area contributed by atoms with Crippen LogP contribution in [0.4, 0.5) is 10.2 Å². The van der Waals surface area contributed by atoms with E-state index in [9.17, 15) is 9.50 Å². The van der Waals surface area contributed by atoms with Gasteiger partial charge >= 0.3 is 0 Å². The Morgan fingerprint density at radius 3 is 2.73 bits per heavy atom. The lowest BCUT2D eigenvalue weighted by Gasteiger charge is -2.37. The molecular weight excluding hydrogens is 471 g/mol. The molecule has 1 fully saturated rings. The van der Waals surface area contributed by atoms with E-state index >= 15 is 0 Å². The van der Waals surface area contributed by atoms with Crippen molar-refractivity contribution in [3.05, 3.63) is 72.9 Å². The number of nitrogens with zero attached hydrogens (tertiary/aromatic N) is 5. The number of fused-ring (bicyclic) bond motifs is 2. The number of phenols is 1. The third kappa shape index (κ3) is 3.66. The molecule has 0 bridgehead atoms. The average Bonchev–Trinajstić information content (AvgIpc) is 3.49. The van der Waals surface area contributed by atoms with Gasteiger partial charge in [0.2, 0.25) is 0 Å². The number of H-pyrrole nitrogens is 2. The Balaban J connectivity index is 1.31. The molecule has 0 aliphatic carbocycles. The predicted octanol–water partition coefficient (Wildman–Crippen LogP) is 4.22. The molecule has 37 heavy (non-hydrogen) atoms. The van der Waals surface area contributed by atoms with E-state index in [1.807, 2.05) is 30.3 Å². The number of nitrogens with two attached hydrogens (primary N) is 1. The smallest absolute Gasteiger partial charge is 0.181 e. The van der Waals surface area contributed by atoms with Crippen LogP contribution in [-0.2, 0) is 0 Å².